The molecule has 0 amide bonds. The summed E-state index contributed by atoms with van der Waals surface area (Å²) in [5, 5.41) is 10.3. The van der Waals surface area contributed by atoms with Crippen molar-refractivity contribution in [3.63, 3.8) is 0 Å². The molecule has 0 unspecified atom stereocenters. The molecule has 0 atom stereocenters. The summed E-state index contributed by atoms with van der Waals surface area (Å²) in [4.78, 5) is 6.82. The monoisotopic (exact) mass is 317 g/mol. The van der Waals surface area contributed by atoms with Crippen LogP contribution < -0.4 is 4.90 Å². The number of hydrogen-bond acceptors (Lipinski definition) is 6. The smallest absolute Gasteiger partial charge is 0.205 e. The minimum absolute atomic E-state index is 0.305. The van der Waals surface area contributed by atoms with E-state index in [1.807, 2.05) is 12.1 Å². The summed E-state index contributed by atoms with van der Waals surface area (Å²) >= 11 is 1.45. The Balaban J connectivity index is 1.65. The number of phenols is 1. The van der Waals surface area contributed by atoms with Gasteiger partial charge in [-0.3, -0.25) is 0 Å². The second-order valence-corrected chi connectivity index (χ2v) is 5.94. The Morgan fingerprint density at radius 1 is 1.32 bits per heavy atom. The molecule has 0 radical (unpaired) electrons. The van der Waals surface area contributed by atoms with E-state index in [0.717, 1.165) is 36.9 Å². The van der Waals surface area contributed by atoms with Crippen LogP contribution in [0.25, 0.3) is 5.57 Å². The number of phenolic OH excluding ortho intramolecular Hbond substituents is 1. The van der Waals surface area contributed by atoms with Crippen molar-refractivity contribution in [1.29, 1.82) is 0 Å². The van der Waals surface area contributed by atoms with Gasteiger partial charge in [0.25, 0.3) is 0 Å². The molecule has 0 bridgehead atoms. The molecule has 6 heteroatoms. The lowest BCUT2D eigenvalue weighted by atomic mass is 10.00. The zero-order valence-corrected chi connectivity index (χ0v) is 13.3. The van der Waals surface area contributed by atoms with Crippen LogP contribution in [0.4, 0.5) is 5.13 Å². The molecule has 2 aromatic rings. The van der Waals surface area contributed by atoms with Gasteiger partial charge in [0, 0.05) is 38.2 Å². The molecule has 3 rings (SSSR count). The van der Waals surface area contributed by atoms with Gasteiger partial charge in [-0.2, -0.15) is 4.37 Å². The highest BCUT2D eigenvalue weighted by Gasteiger charge is 2.17. The fourth-order valence-corrected chi connectivity index (χ4v) is 3.20. The van der Waals surface area contributed by atoms with Crippen LogP contribution >= 0.6 is 11.5 Å². The van der Waals surface area contributed by atoms with E-state index < -0.39 is 0 Å². The summed E-state index contributed by atoms with van der Waals surface area (Å²) in [5.74, 6) is 1.16. The quantitative estimate of drug-likeness (QED) is 0.919. The molecule has 0 spiro atoms. The summed E-state index contributed by atoms with van der Waals surface area (Å²) < 4.78 is 9.43. The highest BCUT2D eigenvalue weighted by atomic mass is 32.1. The van der Waals surface area contributed by atoms with Crippen LogP contribution in [-0.2, 0) is 11.2 Å². The molecule has 2 heterocycles. The molecular formula is C16H19N3O2S. The van der Waals surface area contributed by atoms with Crippen molar-refractivity contribution in [2.75, 3.05) is 31.7 Å². The maximum Gasteiger partial charge on any atom is 0.205 e. The normalized spacial score (nSPS) is 15.0. The van der Waals surface area contributed by atoms with Crippen molar-refractivity contribution in [1.82, 2.24) is 9.36 Å². The van der Waals surface area contributed by atoms with E-state index in [1.165, 1.54) is 22.7 Å². The number of nitrogens with zero attached hydrogens (tertiary/aromatic N) is 3. The number of benzene rings is 1. The summed E-state index contributed by atoms with van der Waals surface area (Å²) in [5.41, 5.74) is 2.50. The summed E-state index contributed by atoms with van der Waals surface area (Å²) in [7, 11) is 1.69. The second-order valence-electron chi connectivity index (χ2n) is 5.21. The van der Waals surface area contributed by atoms with Crippen molar-refractivity contribution in [2.45, 2.75) is 12.8 Å². The molecule has 116 valence electrons. The predicted octanol–water partition coefficient (Wildman–Crippen LogP) is 2.73. The third-order valence-corrected chi connectivity index (χ3v) is 4.52. The van der Waals surface area contributed by atoms with Gasteiger partial charge >= 0.3 is 0 Å². The van der Waals surface area contributed by atoms with Crippen molar-refractivity contribution in [3.05, 3.63) is 41.7 Å². The van der Waals surface area contributed by atoms with Gasteiger partial charge in [0.1, 0.15) is 11.6 Å². The van der Waals surface area contributed by atoms with Gasteiger partial charge in [0.15, 0.2) is 0 Å². The Labute approximate surface area is 134 Å². The molecule has 1 N–H and O–H groups in total. The Kier molecular flexibility index (Phi) is 4.70. The fourth-order valence-electron chi connectivity index (χ4n) is 2.45. The first kappa shape index (κ1) is 15.0. The highest BCUT2D eigenvalue weighted by molar-refractivity contribution is 7.09. The Morgan fingerprint density at radius 2 is 2.14 bits per heavy atom. The van der Waals surface area contributed by atoms with E-state index in [2.05, 4.69) is 20.3 Å². The molecule has 0 saturated carbocycles. The maximum absolute atomic E-state index is 9.36. The molecule has 1 aromatic heterocycles. The van der Waals surface area contributed by atoms with Gasteiger partial charge in [0.2, 0.25) is 5.13 Å². The number of aromatic hydroxyl groups is 1. The van der Waals surface area contributed by atoms with Crippen LogP contribution in [0.1, 0.15) is 17.8 Å². The van der Waals surface area contributed by atoms with Crippen LogP contribution in [0.3, 0.4) is 0 Å². The van der Waals surface area contributed by atoms with Gasteiger partial charge < -0.3 is 14.7 Å². The van der Waals surface area contributed by atoms with Gasteiger partial charge in [-0.25, -0.2) is 4.98 Å². The van der Waals surface area contributed by atoms with E-state index in [1.54, 1.807) is 19.2 Å². The third-order valence-electron chi connectivity index (χ3n) is 3.70. The number of anilines is 1. The van der Waals surface area contributed by atoms with Crippen molar-refractivity contribution >= 4 is 22.2 Å². The molecule has 1 aliphatic rings. The molecule has 1 aliphatic heterocycles. The zero-order valence-electron chi connectivity index (χ0n) is 12.5. The largest absolute Gasteiger partial charge is 0.508 e. The number of rotatable bonds is 5. The minimum atomic E-state index is 0.305. The first-order valence-electron chi connectivity index (χ1n) is 7.31. The molecule has 5 nitrogen and oxygen atoms in total. The minimum Gasteiger partial charge on any atom is -0.508 e. The van der Waals surface area contributed by atoms with Crippen LogP contribution in [0.5, 0.6) is 5.75 Å². The number of hydrogen-bond donors (Lipinski definition) is 1. The van der Waals surface area contributed by atoms with Gasteiger partial charge in [0.05, 0.1) is 6.61 Å². The van der Waals surface area contributed by atoms with Crippen molar-refractivity contribution < 1.29 is 9.84 Å². The zero-order chi connectivity index (χ0) is 15.4. The molecule has 22 heavy (non-hydrogen) atoms. The average molecular weight is 317 g/mol. The van der Waals surface area contributed by atoms with Gasteiger partial charge in [-0.1, -0.05) is 18.2 Å². The van der Waals surface area contributed by atoms with E-state index in [9.17, 15) is 5.11 Å². The Hall–Kier alpha value is -1.92. The maximum atomic E-state index is 9.36. The number of methoxy groups -OCH3 is 1. The fraction of sp³-hybridized carbons (Fsp3) is 0.375. The van der Waals surface area contributed by atoms with Crippen LogP contribution in [-0.4, -0.2) is 41.3 Å². The van der Waals surface area contributed by atoms with E-state index in [-0.39, 0.29) is 0 Å². The van der Waals surface area contributed by atoms with E-state index in [0.29, 0.717) is 12.4 Å². The lowest BCUT2D eigenvalue weighted by molar-refractivity contribution is 0.201. The third kappa shape index (κ3) is 3.45. The van der Waals surface area contributed by atoms with E-state index in [4.69, 9.17) is 4.74 Å². The molecule has 0 fully saturated rings. The Morgan fingerprint density at radius 3 is 2.82 bits per heavy atom. The lowest BCUT2D eigenvalue weighted by Crippen LogP contribution is -2.28. The predicted molar refractivity (Wildman–Crippen MR) is 88.4 cm³/mol. The van der Waals surface area contributed by atoms with Gasteiger partial charge in [-0.15, -0.1) is 0 Å². The van der Waals surface area contributed by atoms with Crippen molar-refractivity contribution in [3.8, 4) is 5.75 Å². The van der Waals surface area contributed by atoms with Crippen LogP contribution in [0, 0.1) is 0 Å². The standard InChI is InChI=1S/C16H19N3O2S/c1-21-11-8-15-17-16(22-18-15)19-9-6-13(7-10-19)12-2-4-14(20)5-3-12/h2-6,20H,7-11H2,1H3. The molecule has 0 saturated heterocycles. The van der Waals surface area contributed by atoms with E-state index >= 15 is 0 Å². The average Bonchev–Trinajstić information content (AvgIpc) is 3.03. The number of aromatic nitrogens is 2. The topological polar surface area (TPSA) is 58.5 Å². The second kappa shape index (κ2) is 6.89. The first-order valence-corrected chi connectivity index (χ1v) is 8.08. The lowest BCUT2D eigenvalue weighted by Gasteiger charge is -2.25. The molecular weight excluding hydrogens is 298 g/mol. The summed E-state index contributed by atoms with van der Waals surface area (Å²) in [6.07, 6.45) is 3.96. The van der Waals surface area contributed by atoms with Crippen LogP contribution in [0.15, 0.2) is 30.3 Å². The molecule has 0 aliphatic carbocycles. The Bertz CT molecular complexity index is 652. The number of ether oxygens (including phenoxy) is 1. The van der Waals surface area contributed by atoms with Gasteiger partial charge in [-0.05, 0) is 29.7 Å². The van der Waals surface area contributed by atoms with Crippen LogP contribution in [0.2, 0.25) is 0 Å². The van der Waals surface area contributed by atoms with Crippen molar-refractivity contribution in [2.24, 2.45) is 0 Å². The molecule has 1 aromatic carbocycles. The summed E-state index contributed by atoms with van der Waals surface area (Å²) in [6.45, 7) is 2.43. The first-order chi connectivity index (χ1) is 10.8. The summed E-state index contributed by atoms with van der Waals surface area (Å²) in [6, 6.07) is 7.39. The SMILES string of the molecule is COCCc1nsc(N2CC=C(c3ccc(O)cc3)CC2)n1. The highest BCUT2D eigenvalue weighted by Crippen LogP contribution is 2.27.